The number of rotatable bonds is 3. The number of hydrogen-bond donors (Lipinski definition) is 0. The van der Waals surface area contributed by atoms with Crippen molar-refractivity contribution in [1.82, 2.24) is 14.8 Å². The molecule has 0 amide bonds. The van der Waals surface area contributed by atoms with E-state index in [0.717, 1.165) is 0 Å². The van der Waals surface area contributed by atoms with E-state index in [4.69, 9.17) is 0 Å². The van der Waals surface area contributed by atoms with Crippen LogP contribution in [0.1, 0.15) is 6.42 Å². The number of hydrogen-bond acceptors (Lipinski definition) is 2. The summed E-state index contributed by atoms with van der Waals surface area (Å²) in [5.74, 6) is 0. The van der Waals surface area contributed by atoms with E-state index in [1.165, 1.54) is 6.33 Å². The van der Waals surface area contributed by atoms with E-state index < -0.39 is 0 Å². The molecule has 0 N–H and O–H groups in total. The fraction of sp³-hybridized carbons (Fsp3) is 0.600. The topological polar surface area (TPSA) is 30.7 Å². The molecule has 0 saturated carbocycles. The molecule has 50 valence electrons. The Morgan fingerprint density at radius 3 is 3.00 bits per heavy atom. The number of alkyl halides is 1. The lowest BCUT2D eigenvalue weighted by Crippen LogP contribution is -1.98. The zero-order valence-electron chi connectivity index (χ0n) is 5.00. The van der Waals surface area contributed by atoms with Gasteiger partial charge in [-0.25, -0.2) is 4.98 Å². The van der Waals surface area contributed by atoms with Crippen molar-refractivity contribution in [1.29, 1.82) is 0 Å². The molecule has 0 radical (unpaired) electrons. The molecule has 3 nitrogen and oxygen atoms in total. The zero-order valence-corrected chi connectivity index (χ0v) is 5.00. The highest BCUT2D eigenvalue weighted by atomic mass is 19.1. The van der Waals surface area contributed by atoms with Crippen molar-refractivity contribution in [2.45, 2.75) is 13.0 Å². The van der Waals surface area contributed by atoms with Crippen LogP contribution in [0.3, 0.4) is 0 Å². The summed E-state index contributed by atoms with van der Waals surface area (Å²) in [6, 6.07) is 0. The van der Waals surface area contributed by atoms with E-state index in [0.29, 0.717) is 13.0 Å². The molecule has 9 heavy (non-hydrogen) atoms. The molecular formula is C5H8FN3. The predicted molar refractivity (Wildman–Crippen MR) is 30.6 cm³/mol. The Morgan fingerprint density at radius 2 is 2.44 bits per heavy atom. The van der Waals surface area contributed by atoms with Crippen LogP contribution in [0.2, 0.25) is 0 Å². The van der Waals surface area contributed by atoms with Gasteiger partial charge in [0.05, 0.1) is 6.67 Å². The first-order chi connectivity index (χ1) is 4.43. The quantitative estimate of drug-likeness (QED) is 0.599. The van der Waals surface area contributed by atoms with Gasteiger partial charge in [-0.05, 0) is 6.42 Å². The maximum atomic E-state index is 11.5. The first-order valence-electron chi connectivity index (χ1n) is 2.82. The standard InChI is InChI=1S/C5H8FN3/c6-2-1-3-9-5-7-4-8-9/h4-5H,1-3H2. The second kappa shape index (κ2) is 3.17. The molecule has 0 spiro atoms. The first kappa shape index (κ1) is 6.19. The summed E-state index contributed by atoms with van der Waals surface area (Å²) >= 11 is 0. The second-order valence-corrected chi connectivity index (χ2v) is 1.70. The Morgan fingerprint density at radius 1 is 1.56 bits per heavy atom. The van der Waals surface area contributed by atoms with Gasteiger partial charge in [0.15, 0.2) is 0 Å². The van der Waals surface area contributed by atoms with Gasteiger partial charge in [0.1, 0.15) is 12.7 Å². The summed E-state index contributed by atoms with van der Waals surface area (Å²) < 4.78 is 13.1. The first-order valence-corrected chi connectivity index (χ1v) is 2.82. The van der Waals surface area contributed by atoms with Crippen LogP contribution in [0, 0.1) is 0 Å². The lowest BCUT2D eigenvalue weighted by molar-refractivity contribution is 0.434. The summed E-state index contributed by atoms with van der Waals surface area (Å²) in [5, 5.41) is 3.79. The van der Waals surface area contributed by atoms with Crippen LogP contribution in [0.4, 0.5) is 4.39 Å². The molecule has 0 fully saturated rings. The molecule has 0 bridgehead atoms. The van der Waals surface area contributed by atoms with E-state index in [-0.39, 0.29) is 6.67 Å². The average molecular weight is 129 g/mol. The molecule has 1 aromatic heterocycles. The summed E-state index contributed by atoms with van der Waals surface area (Å²) in [4.78, 5) is 3.70. The molecular weight excluding hydrogens is 121 g/mol. The van der Waals surface area contributed by atoms with Gasteiger partial charge < -0.3 is 0 Å². The number of aromatic nitrogens is 3. The Kier molecular flexibility index (Phi) is 2.18. The molecule has 0 unspecified atom stereocenters. The van der Waals surface area contributed by atoms with Crippen molar-refractivity contribution >= 4 is 0 Å². The highest BCUT2D eigenvalue weighted by molar-refractivity contribution is 4.54. The molecule has 1 rings (SSSR count). The maximum absolute atomic E-state index is 11.5. The number of nitrogens with zero attached hydrogens (tertiary/aromatic N) is 3. The fourth-order valence-corrected chi connectivity index (χ4v) is 0.570. The smallest absolute Gasteiger partial charge is 0.137 e. The Labute approximate surface area is 52.5 Å². The lowest BCUT2D eigenvalue weighted by Gasteiger charge is -1.93. The highest BCUT2D eigenvalue weighted by Crippen LogP contribution is 1.86. The second-order valence-electron chi connectivity index (χ2n) is 1.70. The number of aryl methyl sites for hydroxylation is 1. The minimum absolute atomic E-state index is 0.292. The van der Waals surface area contributed by atoms with Crippen molar-refractivity contribution in [3.63, 3.8) is 0 Å². The van der Waals surface area contributed by atoms with Gasteiger partial charge in [-0.2, -0.15) is 5.10 Å². The van der Waals surface area contributed by atoms with Crippen molar-refractivity contribution in [3.8, 4) is 0 Å². The van der Waals surface area contributed by atoms with E-state index in [1.54, 1.807) is 11.0 Å². The molecule has 0 aromatic carbocycles. The molecule has 0 aliphatic carbocycles. The molecule has 0 aliphatic rings. The molecule has 0 aliphatic heterocycles. The number of halogens is 1. The SMILES string of the molecule is FCCCn1cncn1. The van der Waals surface area contributed by atoms with Crippen molar-refractivity contribution < 1.29 is 4.39 Å². The minimum Gasteiger partial charge on any atom is -0.253 e. The van der Waals surface area contributed by atoms with E-state index in [2.05, 4.69) is 10.1 Å². The summed E-state index contributed by atoms with van der Waals surface area (Å²) in [5.41, 5.74) is 0. The summed E-state index contributed by atoms with van der Waals surface area (Å²) in [6.07, 6.45) is 3.54. The third-order valence-corrected chi connectivity index (χ3v) is 0.987. The molecule has 1 aromatic rings. The average Bonchev–Trinajstić information content (AvgIpc) is 2.34. The zero-order chi connectivity index (χ0) is 6.53. The van der Waals surface area contributed by atoms with Crippen LogP contribution in [-0.2, 0) is 6.54 Å². The lowest BCUT2D eigenvalue weighted by atomic mass is 10.5. The molecule has 0 saturated heterocycles. The molecule has 0 atom stereocenters. The van der Waals surface area contributed by atoms with Crippen LogP contribution < -0.4 is 0 Å². The van der Waals surface area contributed by atoms with E-state index in [1.807, 2.05) is 0 Å². The minimum atomic E-state index is -0.292. The van der Waals surface area contributed by atoms with E-state index >= 15 is 0 Å². The van der Waals surface area contributed by atoms with Gasteiger partial charge >= 0.3 is 0 Å². The van der Waals surface area contributed by atoms with Crippen molar-refractivity contribution in [3.05, 3.63) is 12.7 Å². The summed E-state index contributed by atoms with van der Waals surface area (Å²) in [6.45, 7) is 0.330. The van der Waals surface area contributed by atoms with Crippen LogP contribution in [-0.4, -0.2) is 21.4 Å². The monoisotopic (exact) mass is 129 g/mol. The van der Waals surface area contributed by atoms with Crippen LogP contribution in [0.5, 0.6) is 0 Å². The largest absolute Gasteiger partial charge is 0.253 e. The van der Waals surface area contributed by atoms with Gasteiger partial charge in [0.2, 0.25) is 0 Å². The highest BCUT2D eigenvalue weighted by Gasteiger charge is 1.88. The molecule has 4 heteroatoms. The van der Waals surface area contributed by atoms with Gasteiger partial charge in [-0.3, -0.25) is 9.07 Å². The molecule has 1 heterocycles. The summed E-state index contributed by atoms with van der Waals surface area (Å²) in [7, 11) is 0. The Hall–Kier alpha value is -0.930. The van der Waals surface area contributed by atoms with Crippen molar-refractivity contribution in [2.75, 3.05) is 6.67 Å². The predicted octanol–water partition coefficient (Wildman–Crippen LogP) is 0.638. The van der Waals surface area contributed by atoms with Crippen LogP contribution in [0.25, 0.3) is 0 Å². The van der Waals surface area contributed by atoms with Gasteiger partial charge in [0.25, 0.3) is 0 Å². The third kappa shape index (κ3) is 1.79. The van der Waals surface area contributed by atoms with Gasteiger partial charge in [-0.1, -0.05) is 0 Å². The van der Waals surface area contributed by atoms with Gasteiger partial charge in [0, 0.05) is 6.54 Å². The van der Waals surface area contributed by atoms with E-state index in [9.17, 15) is 4.39 Å². The van der Waals surface area contributed by atoms with Crippen LogP contribution >= 0.6 is 0 Å². The van der Waals surface area contributed by atoms with Gasteiger partial charge in [-0.15, -0.1) is 0 Å². The normalized spacial score (nSPS) is 9.89. The third-order valence-electron chi connectivity index (χ3n) is 0.987. The maximum Gasteiger partial charge on any atom is 0.137 e. The Bertz CT molecular complexity index is 149. The van der Waals surface area contributed by atoms with Crippen LogP contribution in [0.15, 0.2) is 12.7 Å². The Balaban J connectivity index is 2.30. The fourth-order valence-electron chi connectivity index (χ4n) is 0.570. The van der Waals surface area contributed by atoms with Crippen molar-refractivity contribution in [2.24, 2.45) is 0 Å².